The Hall–Kier alpha value is -1.44. The summed E-state index contributed by atoms with van der Waals surface area (Å²) in [6.45, 7) is 7.16. The van der Waals surface area contributed by atoms with E-state index in [1.165, 1.54) is 6.07 Å². The first-order valence-electron chi connectivity index (χ1n) is 6.65. The number of anilines is 1. The van der Waals surface area contributed by atoms with Crippen LogP contribution in [0, 0.1) is 6.92 Å². The molecule has 0 bridgehead atoms. The Labute approximate surface area is 126 Å². The van der Waals surface area contributed by atoms with Gasteiger partial charge in [0.2, 0.25) is 15.9 Å². The van der Waals surface area contributed by atoms with E-state index in [1.807, 2.05) is 0 Å². The Bertz CT molecular complexity index is 619. The molecular weight excluding hydrogens is 290 g/mol. The summed E-state index contributed by atoms with van der Waals surface area (Å²) >= 11 is 0. The lowest BCUT2D eigenvalue weighted by Gasteiger charge is -2.21. The zero-order valence-corrected chi connectivity index (χ0v) is 13.9. The van der Waals surface area contributed by atoms with Gasteiger partial charge in [0.15, 0.2) is 0 Å². The molecule has 0 fully saturated rings. The molecule has 1 aromatic rings. The lowest BCUT2D eigenvalue weighted by molar-refractivity contribution is -0.115. The number of sulfonamides is 1. The monoisotopic (exact) mass is 313 g/mol. The topological polar surface area (TPSA) is 87.3 Å². The van der Waals surface area contributed by atoms with Gasteiger partial charge in [-0.3, -0.25) is 4.79 Å². The van der Waals surface area contributed by atoms with E-state index >= 15 is 0 Å². The molecule has 118 valence electrons. The van der Waals surface area contributed by atoms with Crippen molar-refractivity contribution in [1.82, 2.24) is 10.0 Å². The molecule has 1 rings (SSSR count). The van der Waals surface area contributed by atoms with Crippen LogP contribution >= 0.6 is 0 Å². The van der Waals surface area contributed by atoms with Crippen molar-refractivity contribution in [2.24, 2.45) is 0 Å². The van der Waals surface area contributed by atoms with Gasteiger partial charge in [-0.05, 0) is 52.4 Å². The number of hydrogen-bond donors (Lipinski definition) is 3. The van der Waals surface area contributed by atoms with Crippen molar-refractivity contribution in [2.45, 2.75) is 38.1 Å². The van der Waals surface area contributed by atoms with Crippen LogP contribution in [0.25, 0.3) is 0 Å². The summed E-state index contributed by atoms with van der Waals surface area (Å²) in [5, 5.41) is 5.43. The highest BCUT2D eigenvalue weighted by atomic mass is 32.2. The van der Waals surface area contributed by atoms with E-state index in [9.17, 15) is 13.2 Å². The SMILES string of the molecule is CNCC(=O)Nc1cccc(S(=O)(=O)NC(C)(C)C)c1C. The molecule has 3 N–H and O–H groups in total. The molecule has 0 heterocycles. The average molecular weight is 313 g/mol. The number of amides is 1. The molecule has 0 unspecified atom stereocenters. The second-order valence-electron chi connectivity index (χ2n) is 5.86. The highest BCUT2D eigenvalue weighted by molar-refractivity contribution is 7.89. The number of benzene rings is 1. The highest BCUT2D eigenvalue weighted by Crippen LogP contribution is 2.24. The van der Waals surface area contributed by atoms with E-state index in [2.05, 4.69) is 15.4 Å². The van der Waals surface area contributed by atoms with Crippen LogP contribution in [0.5, 0.6) is 0 Å². The fourth-order valence-electron chi connectivity index (χ4n) is 1.85. The number of carbonyl (C=O) groups excluding carboxylic acids is 1. The molecule has 6 nitrogen and oxygen atoms in total. The lowest BCUT2D eigenvalue weighted by atomic mass is 10.1. The van der Waals surface area contributed by atoms with E-state index < -0.39 is 15.6 Å². The van der Waals surface area contributed by atoms with Crippen LogP contribution in [0.2, 0.25) is 0 Å². The molecule has 21 heavy (non-hydrogen) atoms. The number of hydrogen-bond acceptors (Lipinski definition) is 4. The summed E-state index contributed by atoms with van der Waals surface area (Å²) < 4.78 is 27.4. The van der Waals surface area contributed by atoms with Crippen molar-refractivity contribution in [3.63, 3.8) is 0 Å². The van der Waals surface area contributed by atoms with Gasteiger partial charge in [0.25, 0.3) is 0 Å². The van der Waals surface area contributed by atoms with Gasteiger partial charge in [-0.2, -0.15) is 0 Å². The third kappa shape index (κ3) is 5.11. The number of carbonyl (C=O) groups is 1. The first-order chi connectivity index (χ1) is 9.57. The van der Waals surface area contributed by atoms with Crippen molar-refractivity contribution in [2.75, 3.05) is 18.9 Å². The molecular formula is C14H23N3O3S. The molecule has 0 aromatic heterocycles. The highest BCUT2D eigenvalue weighted by Gasteiger charge is 2.24. The summed E-state index contributed by atoms with van der Waals surface area (Å²) in [4.78, 5) is 11.8. The fraction of sp³-hybridized carbons (Fsp3) is 0.500. The van der Waals surface area contributed by atoms with Gasteiger partial charge in [0, 0.05) is 11.2 Å². The Morgan fingerprint density at radius 3 is 2.38 bits per heavy atom. The zero-order valence-electron chi connectivity index (χ0n) is 13.1. The van der Waals surface area contributed by atoms with E-state index in [4.69, 9.17) is 0 Å². The molecule has 0 radical (unpaired) electrons. The largest absolute Gasteiger partial charge is 0.325 e. The maximum atomic E-state index is 12.4. The van der Waals surface area contributed by atoms with Gasteiger partial charge < -0.3 is 10.6 Å². The van der Waals surface area contributed by atoms with Crippen LogP contribution < -0.4 is 15.4 Å². The Morgan fingerprint density at radius 1 is 1.24 bits per heavy atom. The second-order valence-corrected chi connectivity index (χ2v) is 7.51. The Morgan fingerprint density at radius 2 is 1.86 bits per heavy atom. The van der Waals surface area contributed by atoms with Gasteiger partial charge >= 0.3 is 0 Å². The summed E-state index contributed by atoms with van der Waals surface area (Å²) in [7, 11) is -1.97. The van der Waals surface area contributed by atoms with Crippen LogP contribution in [0.1, 0.15) is 26.3 Å². The van der Waals surface area contributed by atoms with Crippen molar-refractivity contribution >= 4 is 21.6 Å². The quantitative estimate of drug-likeness (QED) is 0.763. The maximum absolute atomic E-state index is 12.4. The smallest absolute Gasteiger partial charge is 0.241 e. The van der Waals surface area contributed by atoms with Crippen molar-refractivity contribution < 1.29 is 13.2 Å². The van der Waals surface area contributed by atoms with Gasteiger partial charge in [-0.1, -0.05) is 6.07 Å². The summed E-state index contributed by atoms with van der Waals surface area (Å²) in [6, 6.07) is 4.81. The minimum Gasteiger partial charge on any atom is -0.325 e. The third-order valence-electron chi connectivity index (χ3n) is 2.63. The zero-order chi connectivity index (χ0) is 16.3. The normalized spacial score (nSPS) is 12.2. The fourth-order valence-corrected chi connectivity index (χ4v) is 3.54. The molecule has 0 spiro atoms. The predicted molar refractivity (Wildman–Crippen MR) is 83.8 cm³/mol. The minimum absolute atomic E-state index is 0.163. The van der Waals surface area contributed by atoms with Crippen molar-refractivity contribution in [3.05, 3.63) is 23.8 Å². The maximum Gasteiger partial charge on any atom is 0.241 e. The van der Waals surface area contributed by atoms with Crippen molar-refractivity contribution in [3.8, 4) is 0 Å². The number of nitrogens with one attached hydrogen (secondary N) is 3. The van der Waals surface area contributed by atoms with Crippen LogP contribution in [0.4, 0.5) is 5.69 Å². The van der Waals surface area contributed by atoms with E-state index in [0.717, 1.165) is 0 Å². The van der Waals surface area contributed by atoms with Crippen LogP contribution in [-0.4, -0.2) is 33.5 Å². The third-order valence-corrected chi connectivity index (χ3v) is 4.53. The molecule has 0 saturated carbocycles. The summed E-state index contributed by atoms with van der Waals surface area (Å²) in [5.41, 5.74) is 0.433. The van der Waals surface area contributed by atoms with E-state index in [0.29, 0.717) is 11.3 Å². The molecule has 1 aromatic carbocycles. The Kier molecular flexibility index (Phi) is 5.49. The van der Waals surface area contributed by atoms with E-state index in [-0.39, 0.29) is 17.3 Å². The molecule has 0 aliphatic carbocycles. The molecule has 7 heteroatoms. The Balaban J connectivity index is 3.14. The second kappa shape index (κ2) is 6.55. The van der Waals surface area contributed by atoms with E-state index in [1.54, 1.807) is 46.9 Å². The first kappa shape index (κ1) is 17.6. The van der Waals surface area contributed by atoms with Gasteiger partial charge in [-0.25, -0.2) is 13.1 Å². The number of rotatable bonds is 5. The van der Waals surface area contributed by atoms with Crippen LogP contribution in [0.3, 0.4) is 0 Å². The van der Waals surface area contributed by atoms with Crippen LogP contribution in [0.15, 0.2) is 23.1 Å². The average Bonchev–Trinajstić information content (AvgIpc) is 2.28. The van der Waals surface area contributed by atoms with Crippen molar-refractivity contribution in [1.29, 1.82) is 0 Å². The summed E-state index contributed by atoms with van der Waals surface area (Å²) in [5.74, 6) is -0.223. The van der Waals surface area contributed by atoms with Gasteiger partial charge in [-0.15, -0.1) is 0 Å². The molecule has 0 atom stereocenters. The number of likely N-dealkylation sites (N-methyl/N-ethyl adjacent to an activating group) is 1. The van der Waals surface area contributed by atoms with Gasteiger partial charge in [0.1, 0.15) is 0 Å². The molecule has 0 saturated heterocycles. The molecule has 0 aliphatic heterocycles. The molecule has 1 amide bonds. The van der Waals surface area contributed by atoms with Gasteiger partial charge in [0.05, 0.1) is 11.4 Å². The van der Waals surface area contributed by atoms with Crippen LogP contribution in [-0.2, 0) is 14.8 Å². The standard InChI is InChI=1S/C14H23N3O3S/c1-10-11(16-13(18)9-15-5)7-6-8-12(10)21(19,20)17-14(2,3)4/h6-8,15,17H,9H2,1-5H3,(H,16,18). The summed E-state index contributed by atoms with van der Waals surface area (Å²) in [6.07, 6.45) is 0. The minimum atomic E-state index is -3.64. The molecule has 0 aliphatic rings. The first-order valence-corrected chi connectivity index (χ1v) is 8.13. The predicted octanol–water partition coefficient (Wildman–Crippen LogP) is 1.23. The lowest BCUT2D eigenvalue weighted by Crippen LogP contribution is -2.40.